The van der Waals surface area contributed by atoms with Gasteiger partial charge >= 0.3 is 0 Å². The van der Waals surface area contributed by atoms with Crippen molar-refractivity contribution in [3.05, 3.63) is 0 Å². The Bertz CT molecular complexity index is 140. The van der Waals surface area contributed by atoms with Crippen LogP contribution in [0.15, 0.2) is 0 Å². The molecule has 15 heavy (non-hydrogen) atoms. The van der Waals surface area contributed by atoms with Crippen LogP contribution in [0.5, 0.6) is 0 Å². The summed E-state index contributed by atoms with van der Waals surface area (Å²) in [5.41, 5.74) is 0. The summed E-state index contributed by atoms with van der Waals surface area (Å²) in [4.78, 5) is 0. The van der Waals surface area contributed by atoms with Crippen LogP contribution in [0.3, 0.4) is 0 Å². The summed E-state index contributed by atoms with van der Waals surface area (Å²) >= 11 is 0. The minimum atomic E-state index is 0.905. The van der Waals surface area contributed by atoms with Crippen molar-refractivity contribution in [2.75, 3.05) is 0 Å². The monoisotopic (exact) mass is 210 g/mol. The van der Waals surface area contributed by atoms with Crippen molar-refractivity contribution < 1.29 is 0 Å². The van der Waals surface area contributed by atoms with E-state index in [1.165, 1.54) is 57.8 Å². The highest BCUT2D eigenvalue weighted by atomic mass is 14.3. The van der Waals surface area contributed by atoms with Crippen molar-refractivity contribution in [2.45, 2.75) is 78.6 Å². The standard InChI is InChI=1S/C15H30/c1-4-5-6-14-9-11-15(12-10-14)8-7-13(2)3/h13-15H,4-12H2,1-3H3. The molecule has 1 aliphatic rings. The van der Waals surface area contributed by atoms with Crippen molar-refractivity contribution in [3.8, 4) is 0 Å². The Kier molecular flexibility index (Phi) is 6.36. The molecule has 1 rings (SSSR count). The van der Waals surface area contributed by atoms with E-state index in [9.17, 15) is 0 Å². The van der Waals surface area contributed by atoms with E-state index < -0.39 is 0 Å². The van der Waals surface area contributed by atoms with E-state index in [0.29, 0.717) is 0 Å². The molecule has 0 saturated heterocycles. The molecule has 0 radical (unpaired) electrons. The van der Waals surface area contributed by atoms with Gasteiger partial charge in [0.15, 0.2) is 0 Å². The van der Waals surface area contributed by atoms with Crippen LogP contribution in [-0.2, 0) is 0 Å². The number of rotatable bonds is 6. The molecular formula is C15H30. The molecule has 90 valence electrons. The molecule has 0 aliphatic heterocycles. The van der Waals surface area contributed by atoms with Crippen LogP contribution in [0.2, 0.25) is 0 Å². The van der Waals surface area contributed by atoms with Gasteiger partial charge in [-0.15, -0.1) is 0 Å². The molecule has 1 fully saturated rings. The number of hydrogen-bond acceptors (Lipinski definition) is 0. The Morgan fingerprint density at radius 2 is 1.47 bits per heavy atom. The van der Waals surface area contributed by atoms with Crippen LogP contribution in [0.1, 0.15) is 78.6 Å². The van der Waals surface area contributed by atoms with Gasteiger partial charge in [-0.1, -0.05) is 78.6 Å². The Hall–Kier alpha value is 0. The highest BCUT2D eigenvalue weighted by molar-refractivity contribution is 4.72. The lowest BCUT2D eigenvalue weighted by Gasteiger charge is -2.28. The lowest BCUT2D eigenvalue weighted by Crippen LogP contribution is -2.15. The van der Waals surface area contributed by atoms with Gasteiger partial charge in [-0.3, -0.25) is 0 Å². The largest absolute Gasteiger partial charge is 0.0654 e. The zero-order chi connectivity index (χ0) is 11.1. The van der Waals surface area contributed by atoms with Crippen LogP contribution in [0.25, 0.3) is 0 Å². The maximum Gasteiger partial charge on any atom is -0.0414 e. The summed E-state index contributed by atoms with van der Waals surface area (Å²) < 4.78 is 0. The quantitative estimate of drug-likeness (QED) is 0.549. The molecule has 0 amide bonds. The van der Waals surface area contributed by atoms with Crippen molar-refractivity contribution in [3.63, 3.8) is 0 Å². The van der Waals surface area contributed by atoms with Crippen LogP contribution >= 0.6 is 0 Å². The highest BCUT2D eigenvalue weighted by Gasteiger charge is 2.20. The van der Waals surface area contributed by atoms with Gasteiger partial charge < -0.3 is 0 Å². The average molecular weight is 210 g/mol. The van der Waals surface area contributed by atoms with Crippen molar-refractivity contribution >= 4 is 0 Å². The molecule has 0 aromatic carbocycles. The second-order valence-electron chi connectivity index (χ2n) is 6.00. The first-order chi connectivity index (χ1) is 7.22. The second kappa shape index (κ2) is 7.30. The van der Waals surface area contributed by atoms with E-state index in [0.717, 1.165) is 17.8 Å². The molecular weight excluding hydrogens is 180 g/mol. The molecule has 1 aliphatic carbocycles. The lowest BCUT2D eigenvalue weighted by atomic mass is 9.77. The van der Waals surface area contributed by atoms with Gasteiger partial charge in [-0.05, 0) is 17.8 Å². The van der Waals surface area contributed by atoms with E-state index in [2.05, 4.69) is 20.8 Å². The molecule has 0 N–H and O–H groups in total. The predicted molar refractivity (Wildman–Crippen MR) is 69.0 cm³/mol. The first kappa shape index (κ1) is 13.1. The summed E-state index contributed by atoms with van der Waals surface area (Å²) in [5, 5.41) is 0. The van der Waals surface area contributed by atoms with Crippen molar-refractivity contribution in [1.29, 1.82) is 0 Å². The Labute approximate surface area is 96.8 Å². The van der Waals surface area contributed by atoms with Gasteiger partial charge in [-0.25, -0.2) is 0 Å². The Morgan fingerprint density at radius 1 is 0.933 bits per heavy atom. The first-order valence-electron chi connectivity index (χ1n) is 7.22. The zero-order valence-corrected chi connectivity index (χ0v) is 11.1. The van der Waals surface area contributed by atoms with Crippen molar-refractivity contribution in [2.24, 2.45) is 17.8 Å². The third-order valence-corrected chi connectivity index (χ3v) is 4.08. The topological polar surface area (TPSA) is 0 Å². The summed E-state index contributed by atoms with van der Waals surface area (Å²) in [6.07, 6.45) is 13.4. The summed E-state index contributed by atoms with van der Waals surface area (Å²) in [5.74, 6) is 3.06. The molecule has 0 heteroatoms. The van der Waals surface area contributed by atoms with Crippen LogP contribution in [0.4, 0.5) is 0 Å². The van der Waals surface area contributed by atoms with Gasteiger partial charge in [-0.2, -0.15) is 0 Å². The minimum Gasteiger partial charge on any atom is -0.0654 e. The van der Waals surface area contributed by atoms with Gasteiger partial charge in [0, 0.05) is 0 Å². The zero-order valence-electron chi connectivity index (χ0n) is 11.1. The number of unbranched alkanes of at least 4 members (excludes halogenated alkanes) is 1. The molecule has 0 spiro atoms. The fourth-order valence-corrected chi connectivity index (χ4v) is 2.87. The van der Waals surface area contributed by atoms with Crippen LogP contribution in [0, 0.1) is 17.8 Å². The van der Waals surface area contributed by atoms with Gasteiger partial charge in [0.1, 0.15) is 0 Å². The van der Waals surface area contributed by atoms with Gasteiger partial charge in [0.05, 0.1) is 0 Å². The Balaban J connectivity index is 2.07. The third kappa shape index (κ3) is 5.58. The van der Waals surface area contributed by atoms with E-state index >= 15 is 0 Å². The molecule has 0 unspecified atom stereocenters. The maximum atomic E-state index is 2.35. The van der Waals surface area contributed by atoms with Crippen LogP contribution in [-0.4, -0.2) is 0 Å². The fourth-order valence-electron chi connectivity index (χ4n) is 2.87. The number of hydrogen-bond donors (Lipinski definition) is 0. The van der Waals surface area contributed by atoms with Gasteiger partial charge in [0.2, 0.25) is 0 Å². The minimum absolute atomic E-state index is 0.905. The molecule has 1 saturated carbocycles. The molecule has 0 aromatic heterocycles. The average Bonchev–Trinajstić information content (AvgIpc) is 2.25. The fraction of sp³-hybridized carbons (Fsp3) is 1.00. The SMILES string of the molecule is CCCCC1CCC(CCC(C)C)CC1. The summed E-state index contributed by atoms with van der Waals surface area (Å²) in [7, 11) is 0. The highest BCUT2D eigenvalue weighted by Crippen LogP contribution is 2.34. The smallest absolute Gasteiger partial charge is 0.0414 e. The maximum absolute atomic E-state index is 2.35. The summed E-state index contributed by atoms with van der Waals surface area (Å²) in [6, 6.07) is 0. The molecule has 0 bridgehead atoms. The van der Waals surface area contributed by atoms with Crippen LogP contribution < -0.4 is 0 Å². The Morgan fingerprint density at radius 3 is 1.93 bits per heavy atom. The van der Waals surface area contributed by atoms with E-state index in [-0.39, 0.29) is 0 Å². The first-order valence-corrected chi connectivity index (χ1v) is 7.22. The molecule has 0 aromatic rings. The molecule has 0 heterocycles. The third-order valence-electron chi connectivity index (χ3n) is 4.08. The van der Waals surface area contributed by atoms with E-state index in [1.807, 2.05) is 0 Å². The summed E-state index contributed by atoms with van der Waals surface area (Å²) in [6.45, 7) is 7.02. The molecule has 0 nitrogen and oxygen atoms in total. The van der Waals surface area contributed by atoms with E-state index in [4.69, 9.17) is 0 Å². The predicted octanol–water partition coefficient (Wildman–Crippen LogP) is 5.42. The lowest BCUT2D eigenvalue weighted by molar-refractivity contribution is 0.241. The van der Waals surface area contributed by atoms with Crippen molar-refractivity contribution in [1.82, 2.24) is 0 Å². The normalized spacial score (nSPS) is 27.2. The molecule has 0 atom stereocenters. The van der Waals surface area contributed by atoms with Gasteiger partial charge in [0.25, 0.3) is 0 Å². The van der Waals surface area contributed by atoms with E-state index in [1.54, 1.807) is 0 Å². The second-order valence-corrected chi connectivity index (χ2v) is 6.00.